The number of nitrogens with zero attached hydrogens (tertiary/aromatic N) is 2. The molecule has 168 valence electrons. The van der Waals surface area contributed by atoms with Gasteiger partial charge in [0.1, 0.15) is 5.82 Å². The highest BCUT2D eigenvalue weighted by molar-refractivity contribution is 6.36. The molecule has 1 heterocycles. The van der Waals surface area contributed by atoms with Crippen molar-refractivity contribution in [3.63, 3.8) is 0 Å². The summed E-state index contributed by atoms with van der Waals surface area (Å²) >= 11 is 18.2. The summed E-state index contributed by atoms with van der Waals surface area (Å²) in [5, 5.41) is 11.1. The van der Waals surface area contributed by atoms with E-state index in [0.29, 0.717) is 45.5 Å². The number of aryl methyl sites for hydroxylation is 1. The highest BCUT2D eigenvalue weighted by Crippen LogP contribution is 2.27. The van der Waals surface area contributed by atoms with Gasteiger partial charge in [-0.25, -0.2) is 14.8 Å². The van der Waals surface area contributed by atoms with E-state index in [1.807, 2.05) is 43.3 Å². The van der Waals surface area contributed by atoms with Crippen LogP contribution in [0.5, 0.6) is 0 Å². The predicted molar refractivity (Wildman–Crippen MR) is 137 cm³/mol. The molecule has 0 atom stereocenters. The summed E-state index contributed by atoms with van der Waals surface area (Å²) in [6.07, 6.45) is 0. The fraction of sp³-hybridized carbons (Fsp3) is 0.125. The first-order chi connectivity index (χ1) is 15.9. The van der Waals surface area contributed by atoms with E-state index < -0.39 is 0 Å². The van der Waals surface area contributed by atoms with E-state index in [0.717, 1.165) is 22.0 Å². The van der Waals surface area contributed by atoms with Crippen LogP contribution in [0.15, 0.2) is 60.7 Å². The van der Waals surface area contributed by atoms with Crippen LogP contribution < -0.4 is 16.0 Å². The maximum absolute atomic E-state index is 12.2. The SMILES string of the molecule is Cc1ccc(-c2nc(NCCNC(=O)Nc3ccc(Cl)cc3Cl)c3ccc(Cl)cc3n2)cc1. The van der Waals surface area contributed by atoms with Crippen molar-refractivity contribution in [2.75, 3.05) is 23.7 Å². The minimum Gasteiger partial charge on any atom is -0.368 e. The third kappa shape index (κ3) is 5.85. The van der Waals surface area contributed by atoms with E-state index in [4.69, 9.17) is 39.8 Å². The molecule has 1 aromatic heterocycles. The number of carbonyl (C=O) groups is 1. The number of nitrogens with one attached hydrogen (secondary N) is 3. The third-order valence-electron chi connectivity index (χ3n) is 4.85. The molecule has 0 saturated heterocycles. The lowest BCUT2D eigenvalue weighted by Crippen LogP contribution is -2.32. The summed E-state index contributed by atoms with van der Waals surface area (Å²) in [6.45, 7) is 2.83. The highest BCUT2D eigenvalue weighted by atomic mass is 35.5. The summed E-state index contributed by atoms with van der Waals surface area (Å²) in [5.74, 6) is 1.26. The number of aromatic nitrogens is 2. The van der Waals surface area contributed by atoms with Crippen LogP contribution in [0.1, 0.15) is 5.56 Å². The van der Waals surface area contributed by atoms with Crippen LogP contribution in [0, 0.1) is 6.92 Å². The number of carbonyl (C=O) groups excluding carboxylic acids is 1. The summed E-state index contributed by atoms with van der Waals surface area (Å²) in [5.41, 5.74) is 3.28. The van der Waals surface area contributed by atoms with Gasteiger partial charge in [0.15, 0.2) is 5.82 Å². The summed E-state index contributed by atoms with van der Waals surface area (Å²) in [7, 11) is 0. The largest absolute Gasteiger partial charge is 0.368 e. The van der Waals surface area contributed by atoms with E-state index in [9.17, 15) is 4.79 Å². The molecule has 0 aliphatic carbocycles. The molecule has 3 aromatic carbocycles. The number of amides is 2. The quantitative estimate of drug-likeness (QED) is 0.254. The molecule has 0 fully saturated rings. The van der Waals surface area contributed by atoms with Crippen molar-refractivity contribution in [2.45, 2.75) is 6.92 Å². The molecule has 33 heavy (non-hydrogen) atoms. The van der Waals surface area contributed by atoms with Gasteiger partial charge in [-0.2, -0.15) is 0 Å². The van der Waals surface area contributed by atoms with Crippen LogP contribution >= 0.6 is 34.8 Å². The fourth-order valence-corrected chi connectivity index (χ4v) is 3.81. The maximum atomic E-state index is 12.2. The zero-order chi connectivity index (χ0) is 23.4. The Bertz CT molecular complexity index is 1310. The molecule has 2 amide bonds. The zero-order valence-corrected chi connectivity index (χ0v) is 19.9. The van der Waals surface area contributed by atoms with Crippen molar-refractivity contribution in [1.82, 2.24) is 15.3 Å². The number of halogens is 3. The summed E-state index contributed by atoms with van der Waals surface area (Å²) in [4.78, 5) is 21.6. The van der Waals surface area contributed by atoms with Crippen LogP contribution in [-0.4, -0.2) is 29.1 Å². The Labute approximate surface area is 206 Å². The van der Waals surface area contributed by atoms with E-state index in [1.165, 1.54) is 0 Å². The number of anilines is 2. The highest BCUT2D eigenvalue weighted by Gasteiger charge is 2.11. The molecule has 0 unspecified atom stereocenters. The molecule has 3 N–H and O–H groups in total. The number of rotatable bonds is 6. The lowest BCUT2D eigenvalue weighted by atomic mass is 10.1. The van der Waals surface area contributed by atoms with Gasteiger partial charge >= 0.3 is 6.03 Å². The van der Waals surface area contributed by atoms with Crippen molar-refractivity contribution in [3.05, 3.63) is 81.3 Å². The topological polar surface area (TPSA) is 78.9 Å². The van der Waals surface area contributed by atoms with Gasteiger partial charge in [0.25, 0.3) is 0 Å². The Morgan fingerprint density at radius 1 is 0.879 bits per heavy atom. The van der Waals surface area contributed by atoms with Gasteiger partial charge in [-0.05, 0) is 43.3 Å². The van der Waals surface area contributed by atoms with Crippen LogP contribution in [0.4, 0.5) is 16.3 Å². The monoisotopic (exact) mass is 499 g/mol. The van der Waals surface area contributed by atoms with Crippen molar-refractivity contribution >= 4 is 63.2 Å². The molecule has 0 spiro atoms. The summed E-state index contributed by atoms with van der Waals surface area (Å²) in [6, 6.07) is 18.0. The fourth-order valence-electron chi connectivity index (χ4n) is 3.18. The average Bonchev–Trinajstić information content (AvgIpc) is 2.78. The number of hydrogen-bond acceptors (Lipinski definition) is 4. The standard InChI is InChI=1S/C24H20Cl3N5O/c1-14-2-4-15(5-3-14)22-30-21-13-17(26)6-8-18(21)23(32-22)28-10-11-29-24(33)31-20-9-7-16(25)12-19(20)27/h2-9,12-13H,10-11H2,1H3,(H,28,30,32)(H2,29,31,33). The van der Waals surface area contributed by atoms with Crippen molar-refractivity contribution in [1.29, 1.82) is 0 Å². The molecule has 0 aliphatic rings. The van der Waals surface area contributed by atoms with Crippen molar-refractivity contribution in [2.24, 2.45) is 0 Å². The van der Waals surface area contributed by atoms with Gasteiger partial charge in [0.2, 0.25) is 0 Å². The Balaban J connectivity index is 1.45. The molecule has 0 saturated carbocycles. The molecule has 4 aromatic rings. The molecule has 0 bridgehead atoms. The molecule has 6 nitrogen and oxygen atoms in total. The van der Waals surface area contributed by atoms with E-state index in [-0.39, 0.29) is 6.03 Å². The molecule has 0 radical (unpaired) electrons. The molecular weight excluding hydrogens is 481 g/mol. The van der Waals surface area contributed by atoms with Gasteiger partial charge in [0, 0.05) is 34.1 Å². The smallest absolute Gasteiger partial charge is 0.319 e. The van der Waals surface area contributed by atoms with Crippen LogP contribution in [0.25, 0.3) is 22.3 Å². The van der Waals surface area contributed by atoms with Crippen molar-refractivity contribution < 1.29 is 4.79 Å². The van der Waals surface area contributed by atoms with Gasteiger partial charge in [-0.3, -0.25) is 0 Å². The minimum absolute atomic E-state index is 0.357. The van der Waals surface area contributed by atoms with E-state index in [2.05, 4.69) is 20.9 Å². The van der Waals surface area contributed by atoms with Gasteiger partial charge < -0.3 is 16.0 Å². The van der Waals surface area contributed by atoms with E-state index in [1.54, 1.807) is 24.3 Å². The predicted octanol–water partition coefficient (Wildman–Crippen LogP) is 6.80. The number of benzene rings is 3. The Morgan fingerprint density at radius 2 is 1.61 bits per heavy atom. The summed E-state index contributed by atoms with van der Waals surface area (Å²) < 4.78 is 0. The average molecular weight is 501 g/mol. The number of urea groups is 1. The lowest BCUT2D eigenvalue weighted by molar-refractivity contribution is 0.252. The van der Waals surface area contributed by atoms with Gasteiger partial charge in [-0.15, -0.1) is 0 Å². The zero-order valence-electron chi connectivity index (χ0n) is 17.6. The molecular formula is C24H20Cl3N5O. The van der Waals surface area contributed by atoms with E-state index >= 15 is 0 Å². The van der Waals surface area contributed by atoms with Gasteiger partial charge in [0.05, 0.1) is 16.2 Å². The maximum Gasteiger partial charge on any atom is 0.319 e. The second kappa shape index (κ2) is 10.3. The second-order valence-electron chi connectivity index (χ2n) is 7.36. The Morgan fingerprint density at radius 3 is 2.36 bits per heavy atom. The van der Waals surface area contributed by atoms with Crippen LogP contribution in [0.3, 0.4) is 0 Å². The third-order valence-corrected chi connectivity index (χ3v) is 5.63. The van der Waals surface area contributed by atoms with Crippen LogP contribution in [-0.2, 0) is 0 Å². The first-order valence-electron chi connectivity index (χ1n) is 10.2. The molecule has 0 aliphatic heterocycles. The normalized spacial score (nSPS) is 10.8. The first-order valence-corrected chi connectivity index (χ1v) is 11.3. The van der Waals surface area contributed by atoms with Crippen LogP contribution in [0.2, 0.25) is 15.1 Å². The second-order valence-corrected chi connectivity index (χ2v) is 8.64. The Hall–Kier alpha value is -3.06. The lowest BCUT2D eigenvalue weighted by Gasteiger charge is -2.13. The minimum atomic E-state index is -0.374. The number of fused-ring (bicyclic) bond motifs is 1. The van der Waals surface area contributed by atoms with Gasteiger partial charge in [-0.1, -0.05) is 64.6 Å². The number of hydrogen-bond donors (Lipinski definition) is 3. The molecule has 4 rings (SSSR count). The van der Waals surface area contributed by atoms with Crippen molar-refractivity contribution in [3.8, 4) is 11.4 Å². The first kappa shape index (κ1) is 23.1. The molecule has 9 heteroatoms. The Kier molecular flexibility index (Phi) is 7.18.